The Balaban J connectivity index is 1.11. The van der Waals surface area contributed by atoms with Gasteiger partial charge in [-0.05, 0) is 106 Å². The summed E-state index contributed by atoms with van der Waals surface area (Å²) in [6, 6.07) is 0.565. The van der Waals surface area contributed by atoms with Gasteiger partial charge in [-0.15, -0.1) is 11.8 Å². The lowest BCUT2D eigenvalue weighted by atomic mass is 9.88. The highest BCUT2D eigenvalue weighted by molar-refractivity contribution is 8.00. The van der Waals surface area contributed by atoms with Gasteiger partial charge in [-0.1, -0.05) is 139 Å². The first-order valence-corrected chi connectivity index (χ1v) is 49.3. The largest absolute Gasteiger partial charge is 0.394 e. The van der Waals surface area contributed by atoms with E-state index in [9.17, 15) is 53.1 Å². The molecule has 18 amide bonds. The maximum atomic E-state index is 15.7. The Bertz CT molecular complexity index is 5340. The second-order valence-electron chi connectivity index (χ2n) is 36.5. The fourth-order valence-electron chi connectivity index (χ4n) is 17.4. The minimum absolute atomic E-state index is 0.00909. The smallest absolute Gasteiger partial charge is 0.246 e. The Morgan fingerprint density at radius 1 is 0.496 bits per heavy atom. The molecule has 3 aliphatic rings. The van der Waals surface area contributed by atoms with E-state index in [1.165, 1.54) is 33.5 Å². The second kappa shape index (κ2) is 55.1. The Morgan fingerprint density at radius 3 is 1.62 bits per heavy atom. The molecule has 5 heterocycles. The van der Waals surface area contributed by atoms with Gasteiger partial charge in [-0.3, -0.25) is 91.7 Å². The number of nitrogens with zero attached hydrogens (tertiary/aromatic N) is 4. The number of guanidine groups is 1. The van der Waals surface area contributed by atoms with Crippen LogP contribution in [0.4, 0.5) is 0 Å². The van der Waals surface area contributed by atoms with Crippen LogP contribution in [-0.4, -0.2) is 295 Å². The molecule has 45 heteroatoms. The van der Waals surface area contributed by atoms with Crippen LogP contribution in [0.25, 0.3) is 21.8 Å². The predicted molar refractivity (Wildman–Crippen MR) is 523 cm³/mol. The molecular weight excluding hydrogens is 1840 g/mol. The highest BCUT2D eigenvalue weighted by Gasteiger charge is 2.44. The number of nitrogens with one attached hydrogen (secondary N) is 18. The number of primary amides is 2. The Kier molecular flexibility index (Phi) is 43.2. The van der Waals surface area contributed by atoms with Crippen molar-refractivity contribution in [2.45, 2.75) is 260 Å². The molecule has 2 aliphatic heterocycles. The molecule has 2 saturated heterocycles. The van der Waals surface area contributed by atoms with E-state index in [-0.39, 0.29) is 114 Å². The van der Waals surface area contributed by atoms with Gasteiger partial charge >= 0.3 is 0 Å². The number of aliphatic hydroxyl groups excluding tert-OH is 1. The number of aromatic nitrogens is 4. The summed E-state index contributed by atoms with van der Waals surface area (Å²) in [5.41, 5.74) is 19.9. The van der Waals surface area contributed by atoms with Gasteiger partial charge in [0.1, 0.15) is 84.6 Å². The van der Waals surface area contributed by atoms with Crippen molar-refractivity contribution in [2.75, 3.05) is 58.4 Å². The van der Waals surface area contributed by atoms with Crippen LogP contribution in [0.3, 0.4) is 0 Å². The normalized spacial score (nSPS) is 23.9. The molecule has 3 fully saturated rings. The third-order valence-corrected chi connectivity index (χ3v) is 26.3. The van der Waals surface area contributed by atoms with Gasteiger partial charge in [0.15, 0.2) is 5.96 Å². The molecule has 0 bridgehead atoms. The number of fused-ring (bicyclic) bond motifs is 3. The number of nitrogens with two attached hydrogens (primary N) is 3. The van der Waals surface area contributed by atoms with Crippen LogP contribution in [0, 0.1) is 17.2 Å². The summed E-state index contributed by atoms with van der Waals surface area (Å²) >= 11 is 0.787. The van der Waals surface area contributed by atoms with Crippen LogP contribution in [0.1, 0.15) is 173 Å². The number of benzene rings is 3. The van der Waals surface area contributed by atoms with Crippen molar-refractivity contribution in [1.29, 1.82) is 5.41 Å². The molecule has 3 aromatic heterocycles. The number of H-pyrrole nitrogens is 3. The van der Waals surface area contributed by atoms with E-state index in [4.69, 9.17) is 22.6 Å². The van der Waals surface area contributed by atoms with Crippen LogP contribution in [0.2, 0.25) is 0 Å². The van der Waals surface area contributed by atoms with Gasteiger partial charge in [0.05, 0.1) is 31.7 Å². The third-order valence-electron chi connectivity index (χ3n) is 25.3. The molecule has 25 N–H and O–H groups in total. The molecule has 1 aliphatic carbocycles. The van der Waals surface area contributed by atoms with Crippen molar-refractivity contribution in [2.24, 2.45) is 29.0 Å². The summed E-state index contributed by atoms with van der Waals surface area (Å²) in [5, 5.41) is 58.1. The summed E-state index contributed by atoms with van der Waals surface area (Å²) in [7, 11) is 2.58. The van der Waals surface area contributed by atoms with Gasteiger partial charge in [0.2, 0.25) is 106 Å². The SMILES string of the molecule is CCCC[C@@H]1NC(=O)[C@H](CCCC)N(C)C(=O)[C@H](Cc2c[nH]c3ccccc23)NC(=O)[C@H](CO)NC(=O)[C@H](Cc2c[nH]c3ccccc23)NC(=O)[C@H](CCNC(=O)C2CCCCC2)NC(=O)[C@H](CC(C)C)NC(=O)[C@H](Cc2cnc[nH]2)NC(=O)[C@@H]2CCCN2C(=O)[C@H](CC(N)=O)NC(=O)[C@H](C)N(C)C(=O)[C@H](Cc2ccccc2)NC(=O)CSC[C@@H](C(=O)NCC(N)=O)NC(=O)[C@H](CCCNC(=N)N)NC1=O. The standard InChI is InChI=1S/C96H137N25O19S/c1-8-10-30-65-84(129)109-66(33-22-37-103-96(99)100)85(130)118-75(83(128)106-49-79(98)124)51-141-52-80(125)108-71(41-56-24-14-12-15-25-56)93(138)119(6)55(5)81(126)115-73(45-78(97)123)95(140)121-39-23-35-77(121)92(137)114-70(44-60-48-101-53-107-60)89(134)112-68(40-54(3)4)87(132)110-67(36-38-102-82(127)57-26-16-13-17-27-57)86(131)113-69(42-58-46-104-63-31-20-18-28-61(58)63)88(133)117-74(50-122)90(135)116-72(43-59-47-105-64-32-21-19-29-62(59)64)94(139)120(7)76(34-11-9-2)91(136)111-65/h12,14-15,18-21,24-25,28-29,31-32,46-48,53-55,57,65-77,104-105,122H,8-11,13,16-17,22-23,26-27,30,33-45,49-52H2,1-7H3,(H2,97,123)(H2,98,124)(H,101,107)(H,102,127)(H,106,128)(H,108,125)(H,109,129)(H,110,132)(H,111,136)(H,112,134)(H,113,131)(H,114,137)(H,115,126)(H,116,135)(H,117,133)(H,118,130)(H4,99,100,103)/t55-,65-,66-,67-,68-,69-,70-,71-,72-,73-,74-,75-,76-,77-/m0/s1. The molecule has 14 atom stereocenters. The van der Waals surface area contributed by atoms with Gasteiger partial charge in [0, 0.05) is 117 Å². The average Bonchev–Trinajstić information content (AvgIpc) is 1.73. The number of carbonyl (C=O) groups is 18. The minimum Gasteiger partial charge on any atom is -0.394 e. The topological polar surface area (TPSA) is 668 Å². The van der Waals surface area contributed by atoms with E-state index in [0.29, 0.717) is 82.7 Å². The lowest BCUT2D eigenvalue weighted by Crippen LogP contribution is -2.62. The molecule has 1 saturated carbocycles. The second-order valence-corrected chi connectivity index (χ2v) is 37.5. The fraction of sp³-hybridized carbons (Fsp3) is 0.542. The molecule has 0 spiro atoms. The van der Waals surface area contributed by atoms with E-state index in [0.717, 1.165) is 45.7 Å². The van der Waals surface area contributed by atoms with Crippen LogP contribution in [-0.2, 0) is 112 Å². The zero-order valence-electron chi connectivity index (χ0n) is 80.8. The highest BCUT2D eigenvalue weighted by Crippen LogP contribution is 2.27. The number of aliphatic hydroxyl groups is 1. The molecule has 141 heavy (non-hydrogen) atoms. The number of rotatable bonds is 30. The first-order chi connectivity index (χ1) is 67.4. The van der Waals surface area contributed by atoms with Crippen LogP contribution in [0.15, 0.2) is 104 Å². The van der Waals surface area contributed by atoms with E-state index in [1.807, 2.05) is 13.8 Å². The molecule has 0 radical (unpaired) electrons. The van der Waals surface area contributed by atoms with Gasteiger partial charge < -0.3 is 126 Å². The van der Waals surface area contributed by atoms with Gasteiger partial charge in [-0.2, -0.15) is 0 Å². The molecular formula is C96H137N25O19S. The van der Waals surface area contributed by atoms with Crippen LogP contribution in [0.5, 0.6) is 0 Å². The molecule has 6 aromatic rings. The summed E-state index contributed by atoms with van der Waals surface area (Å²) in [6.07, 6.45) is 8.94. The predicted octanol–water partition coefficient (Wildman–Crippen LogP) is -1.37. The zero-order valence-corrected chi connectivity index (χ0v) is 81.6. The number of imidazole rings is 1. The van der Waals surface area contributed by atoms with Crippen molar-refractivity contribution in [1.82, 2.24) is 109 Å². The number of thioether (sulfide) groups is 1. The van der Waals surface area contributed by atoms with E-state index >= 15 is 38.4 Å². The first-order valence-electron chi connectivity index (χ1n) is 48.1. The zero-order chi connectivity index (χ0) is 103. The quantitative estimate of drug-likeness (QED) is 0.0141. The average molecular weight is 1980 g/mol. The number of carbonyl (C=O) groups excluding carboxylic acids is 18. The molecule has 766 valence electrons. The summed E-state index contributed by atoms with van der Waals surface area (Å²) in [6.45, 7) is 6.31. The molecule has 44 nitrogen and oxygen atoms in total. The number of para-hydroxylation sites is 2. The van der Waals surface area contributed by atoms with Crippen LogP contribution < -0.4 is 91.6 Å². The number of likely N-dealkylation sites (N-methyl/N-ethyl adjacent to an activating group) is 2. The van der Waals surface area contributed by atoms with E-state index in [2.05, 4.69) is 94.4 Å². The highest BCUT2D eigenvalue weighted by atomic mass is 32.2. The van der Waals surface area contributed by atoms with Crippen molar-refractivity contribution < 1.29 is 91.4 Å². The Hall–Kier alpha value is -14.0. The monoisotopic (exact) mass is 1980 g/mol. The first kappa shape index (κ1) is 111. The Morgan fingerprint density at radius 2 is 1.01 bits per heavy atom. The van der Waals surface area contributed by atoms with E-state index in [1.54, 1.807) is 105 Å². The lowest BCUT2D eigenvalue weighted by molar-refractivity contribution is -0.145. The molecule has 0 unspecified atom stereocenters. The van der Waals surface area contributed by atoms with Crippen molar-refractivity contribution in [3.05, 3.63) is 126 Å². The van der Waals surface area contributed by atoms with Crippen molar-refractivity contribution >= 4 is 146 Å². The van der Waals surface area contributed by atoms with Crippen molar-refractivity contribution in [3.8, 4) is 0 Å². The number of hydrogen-bond donors (Lipinski definition) is 22. The summed E-state index contributed by atoms with van der Waals surface area (Å²) in [5.74, 6) is -18.5. The number of amides is 18. The Labute approximate surface area is 821 Å². The third kappa shape index (κ3) is 33.4. The fourth-order valence-corrected chi connectivity index (χ4v) is 18.2. The summed E-state index contributed by atoms with van der Waals surface area (Å²) in [4.78, 5) is 281. The minimum atomic E-state index is -1.91. The maximum Gasteiger partial charge on any atom is 0.246 e. The number of unbranched alkanes of at least 4 members (excludes halogenated alkanes) is 2. The molecule has 3 aromatic carbocycles. The maximum absolute atomic E-state index is 15.7. The van der Waals surface area contributed by atoms with Crippen molar-refractivity contribution in [3.63, 3.8) is 0 Å². The number of hydrogen-bond acceptors (Lipinski definition) is 22. The summed E-state index contributed by atoms with van der Waals surface area (Å²) < 4.78 is 0. The van der Waals surface area contributed by atoms with E-state index < -0.39 is 222 Å². The molecule has 9 rings (SSSR count). The number of aromatic amines is 3. The lowest BCUT2D eigenvalue weighted by Gasteiger charge is -2.33. The van der Waals surface area contributed by atoms with Gasteiger partial charge in [0.25, 0.3) is 0 Å². The van der Waals surface area contributed by atoms with Gasteiger partial charge in [-0.25, -0.2) is 4.98 Å². The van der Waals surface area contributed by atoms with Crippen LogP contribution >= 0.6 is 11.8 Å².